The second kappa shape index (κ2) is 5.56. The molecule has 0 aliphatic carbocycles. The number of ether oxygens (including phenoxy) is 1. The fourth-order valence-electron chi connectivity index (χ4n) is 1.59. The Labute approximate surface area is 105 Å². The Morgan fingerprint density at radius 3 is 2.44 bits per heavy atom. The molecule has 1 aromatic heterocycles. The molecule has 0 fully saturated rings. The van der Waals surface area contributed by atoms with Crippen LogP contribution in [0.1, 0.15) is 11.1 Å². The van der Waals surface area contributed by atoms with Crippen LogP contribution in [0.5, 0.6) is 5.75 Å². The molecule has 0 bridgehead atoms. The van der Waals surface area contributed by atoms with E-state index >= 15 is 0 Å². The summed E-state index contributed by atoms with van der Waals surface area (Å²) in [6.45, 7) is 1.26. The predicted molar refractivity (Wildman–Crippen MR) is 65.8 cm³/mol. The van der Waals surface area contributed by atoms with Gasteiger partial charge in [-0.25, -0.2) is 0 Å². The average Bonchev–Trinajstić information content (AvgIpc) is 2.91. The van der Waals surface area contributed by atoms with Crippen LogP contribution in [-0.2, 0) is 6.54 Å². The third kappa shape index (κ3) is 2.69. The van der Waals surface area contributed by atoms with Crippen molar-refractivity contribution in [2.45, 2.75) is 6.54 Å². The molecule has 0 atom stereocenters. The zero-order valence-corrected chi connectivity index (χ0v) is 9.71. The molecule has 2 aromatic rings. The first-order valence-corrected chi connectivity index (χ1v) is 5.51. The summed E-state index contributed by atoms with van der Waals surface area (Å²) in [7, 11) is 0. The van der Waals surface area contributed by atoms with E-state index in [0.717, 1.165) is 6.54 Å². The Morgan fingerprint density at radius 2 is 1.78 bits per heavy atom. The summed E-state index contributed by atoms with van der Waals surface area (Å²) in [4.78, 5) is 0. The van der Waals surface area contributed by atoms with Gasteiger partial charge in [-0.2, -0.15) is 10.5 Å². The van der Waals surface area contributed by atoms with Crippen LogP contribution in [0, 0.1) is 22.7 Å². The van der Waals surface area contributed by atoms with Gasteiger partial charge in [-0.3, -0.25) is 0 Å². The first-order chi connectivity index (χ1) is 8.83. The van der Waals surface area contributed by atoms with E-state index in [2.05, 4.69) is 0 Å². The highest BCUT2D eigenvalue weighted by atomic mass is 16.5. The number of rotatable bonds is 4. The molecule has 4 heteroatoms. The maximum absolute atomic E-state index is 8.89. The summed E-state index contributed by atoms with van der Waals surface area (Å²) in [6, 6.07) is 12.8. The maximum atomic E-state index is 8.89. The van der Waals surface area contributed by atoms with Crippen molar-refractivity contribution < 1.29 is 4.74 Å². The Bertz CT molecular complexity index is 603. The van der Waals surface area contributed by atoms with Crippen LogP contribution in [0.25, 0.3) is 0 Å². The molecule has 0 saturated heterocycles. The highest BCUT2D eigenvalue weighted by Crippen LogP contribution is 2.16. The van der Waals surface area contributed by atoms with Crippen molar-refractivity contribution in [2.75, 3.05) is 6.61 Å². The van der Waals surface area contributed by atoms with Crippen LogP contribution in [0.3, 0.4) is 0 Å². The molecule has 0 spiro atoms. The molecule has 1 heterocycles. The van der Waals surface area contributed by atoms with Gasteiger partial charge in [-0.15, -0.1) is 0 Å². The summed E-state index contributed by atoms with van der Waals surface area (Å²) in [6.07, 6.45) is 3.92. The Kier molecular flexibility index (Phi) is 3.63. The molecular weight excluding hydrogens is 226 g/mol. The number of aromatic nitrogens is 1. The first kappa shape index (κ1) is 11.8. The quantitative estimate of drug-likeness (QED) is 0.819. The third-order valence-electron chi connectivity index (χ3n) is 2.52. The fraction of sp³-hybridized carbons (Fsp3) is 0.143. The van der Waals surface area contributed by atoms with Crippen LogP contribution in [-0.4, -0.2) is 11.2 Å². The zero-order chi connectivity index (χ0) is 12.8. The van der Waals surface area contributed by atoms with Crippen LogP contribution in [0.15, 0.2) is 42.7 Å². The van der Waals surface area contributed by atoms with Crippen molar-refractivity contribution in [3.05, 3.63) is 53.9 Å². The molecule has 18 heavy (non-hydrogen) atoms. The zero-order valence-electron chi connectivity index (χ0n) is 9.71. The number of hydrogen-bond acceptors (Lipinski definition) is 3. The van der Waals surface area contributed by atoms with Crippen molar-refractivity contribution in [1.29, 1.82) is 10.5 Å². The van der Waals surface area contributed by atoms with E-state index in [0.29, 0.717) is 23.5 Å². The highest BCUT2D eigenvalue weighted by molar-refractivity contribution is 5.49. The van der Waals surface area contributed by atoms with Gasteiger partial charge in [0.05, 0.1) is 17.7 Å². The van der Waals surface area contributed by atoms with Crippen LogP contribution in [0.4, 0.5) is 0 Å². The molecule has 0 unspecified atom stereocenters. The predicted octanol–water partition coefficient (Wildman–Crippen LogP) is 2.31. The van der Waals surface area contributed by atoms with Gasteiger partial charge in [0, 0.05) is 12.4 Å². The van der Waals surface area contributed by atoms with Gasteiger partial charge >= 0.3 is 0 Å². The lowest BCUT2D eigenvalue weighted by Gasteiger charge is -2.07. The van der Waals surface area contributed by atoms with Gasteiger partial charge < -0.3 is 9.30 Å². The molecule has 4 nitrogen and oxygen atoms in total. The summed E-state index contributed by atoms with van der Waals surface area (Å²) >= 11 is 0. The van der Waals surface area contributed by atoms with Gasteiger partial charge in [0.2, 0.25) is 0 Å². The Hall–Kier alpha value is -2.72. The number of benzene rings is 1. The van der Waals surface area contributed by atoms with E-state index in [1.165, 1.54) is 0 Å². The molecule has 88 valence electrons. The number of hydrogen-bond donors (Lipinski definition) is 0. The van der Waals surface area contributed by atoms with Crippen LogP contribution >= 0.6 is 0 Å². The summed E-state index contributed by atoms with van der Waals surface area (Å²) in [5.41, 5.74) is 0.714. The van der Waals surface area contributed by atoms with Crippen molar-refractivity contribution in [3.63, 3.8) is 0 Å². The summed E-state index contributed by atoms with van der Waals surface area (Å²) in [5, 5.41) is 17.7. The van der Waals surface area contributed by atoms with E-state index in [4.69, 9.17) is 15.3 Å². The highest BCUT2D eigenvalue weighted by Gasteiger charge is 2.03. The molecule has 0 N–H and O–H groups in total. The number of nitriles is 2. The van der Waals surface area contributed by atoms with Crippen molar-refractivity contribution >= 4 is 0 Å². The minimum atomic E-state index is 0.343. The van der Waals surface area contributed by atoms with E-state index in [-0.39, 0.29) is 0 Å². The smallest absolute Gasteiger partial charge is 0.120 e. The van der Waals surface area contributed by atoms with Crippen molar-refractivity contribution in [2.24, 2.45) is 0 Å². The Balaban J connectivity index is 1.98. The SMILES string of the molecule is N#Cc1ccc(OCCn2cccc2)cc1C#N. The van der Waals surface area contributed by atoms with Crippen LogP contribution < -0.4 is 4.74 Å². The van der Waals surface area contributed by atoms with E-state index in [1.54, 1.807) is 18.2 Å². The van der Waals surface area contributed by atoms with Crippen molar-refractivity contribution in [1.82, 2.24) is 4.57 Å². The average molecular weight is 237 g/mol. The topological polar surface area (TPSA) is 61.7 Å². The van der Waals surface area contributed by atoms with Crippen molar-refractivity contribution in [3.8, 4) is 17.9 Å². The molecule has 2 rings (SSSR count). The van der Waals surface area contributed by atoms with Gasteiger partial charge in [-0.05, 0) is 30.3 Å². The molecule has 0 amide bonds. The minimum absolute atomic E-state index is 0.343. The third-order valence-corrected chi connectivity index (χ3v) is 2.52. The van der Waals surface area contributed by atoms with E-state index in [1.807, 2.05) is 41.2 Å². The molecule has 0 radical (unpaired) electrons. The monoisotopic (exact) mass is 237 g/mol. The van der Waals surface area contributed by atoms with Gasteiger partial charge in [0.25, 0.3) is 0 Å². The lowest BCUT2D eigenvalue weighted by molar-refractivity contribution is 0.298. The second-order valence-corrected chi connectivity index (χ2v) is 3.70. The lowest BCUT2D eigenvalue weighted by Crippen LogP contribution is -2.06. The number of nitrogens with zero attached hydrogens (tertiary/aromatic N) is 3. The fourth-order valence-corrected chi connectivity index (χ4v) is 1.59. The summed E-state index contributed by atoms with van der Waals surface area (Å²) < 4.78 is 7.55. The Morgan fingerprint density at radius 1 is 1.06 bits per heavy atom. The largest absolute Gasteiger partial charge is 0.492 e. The molecule has 1 aromatic carbocycles. The lowest BCUT2D eigenvalue weighted by atomic mass is 10.1. The molecule has 0 saturated carbocycles. The van der Waals surface area contributed by atoms with E-state index in [9.17, 15) is 0 Å². The van der Waals surface area contributed by atoms with Gasteiger partial charge in [0.1, 0.15) is 24.5 Å². The molecule has 0 aliphatic heterocycles. The first-order valence-electron chi connectivity index (χ1n) is 5.51. The van der Waals surface area contributed by atoms with Gasteiger partial charge in [0.15, 0.2) is 0 Å². The van der Waals surface area contributed by atoms with Crippen LogP contribution in [0.2, 0.25) is 0 Å². The maximum Gasteiger partial charge on any atom is 0.120 e. The normalized spacial score (nSPS) is 9.44. The molecule has 0 aliphatic rings. The van der Waals surface area contributed by atoms with Gasteiger partial charge in [-0.1, -0.05) is 0 Å². The standard InChI is InChI=1S/C14H11N3O/c15-10-12-3-4-14(9-13(12)11-16)18-8-7-17-5-1-2-6-17/h1-6,9H,7-8H2. The summed E-state index contributed by atoms with van der Waals surface area (Å²) in [5.74, 6) is 0.609. The minimum Gasteiger partial charge on any atom is -0.492 e. The van der Waals surface area contributed by atoms with E-state index < -0.39 is 0 Å². The second-order valence-electron chi connectivity index (χ2n) is 3.70. The molecular formula is C14H11N3O.